The number of hydrogen-bond acceptors (Lipinski definition) is 5. The predicted octanol–water partition coefficient (Wildman–Crippen LogP) is 2.08. The molecule has 1 saturated heterocycles. The van der Waals surface area contributed by atoms with Gasteiger partial charge in [-0.1, -0.05) is 12.2 Å². The van der Waals surface area contributed by atoms with Crippen LogP contribution in [0.2, 0.25) is 0 Å². The van der Waals surface area contributed by atoms with Gasteiger partial charge >= 0.3 is 0 Å². The van der Waals surface area contributed by atoms with E-state index in [0.717, 1.165) is 37.1 Å². The number of rotatable bonds is 2. The number of aromatic nitrogens is 2. The van der Waals surface area contributed by atoms with Gasteiger partial charge in [0.25, 0.3) is 0 Å². The zero-order valence-electron chi connectivity index (χ0n) is 10.9. The average Bonchev–Trinajstić information content (AvgIpc) is 2.87. The van der Waals surface area contributed by atoms with E-state index in [1.807, 2.05) is 6.92 Å². The molecule has 2 heterocycles. The molecule has 0 amide bonds. The highest BCUT2D eigenvalue weighted by Gasteiger charge is 2.24. The highest BCUT2D eigenvalue weighted by atomic mass is 32.1. The molecule has 0 bridgehead atoms. The van der Waals surface area contributed by atoms with Crippen LogP contribution in [0.4, 0.5) is 5.13 Å². The van der Waals surface area contributed by atoms with Crippen molar-refractivity contribution in [2.45, 2.75) is 32.2 Å². The smallest absolute Gasteiger partial charge is 0.205 e. The first-order valence-corrected chi connectivity index (χ1v) is 7.56. The van der Waals surface area contributed by atoms with E-state index in [1.165, 1.54) is 30.8 Å². The highest BCUT2D eigenvalue weighted by molar-refractivity contribution is 7.09. The van der Waals surface area contributed by atoms with E-state index < -0.39 is 0 Å². The zero-order valence-corrected chi connectivity index (χ0v) is 11.7. The molecule has 1 aliphatic heterocycles. The molecule has 98 valence electrons. The normalized spacial score (nSPS) is 25.6. The van der Waals surface area contributed by atoms with Crippen molar-refractivity contribution in [3.8, 4) is 0 Å². The molecule has 4 nitrogen and oxygen atoms in total. The first-order chi connectivity index (χ1) is 8.83. The maximum Gasteiger partial charge on any atom is 0.205 e. The lowest BCUT2D eigenvalue weighted by Gasteiger charge is -2.38. The number of nitrogens with zero attached hydrogens (tertiary/aromatic N) is 4. The molecule has 3 rings (SSSR count). The minimum atomic E-state index is 0.678. The summed E-state index contributed by atoms with van der Waals surface area (Å²) in [5, 5.41) is 1.09. The van der Waals surface area contributed by atoms with Crippen molar-refractivity contribution in [1.29, 1.82) is 0 Å². The molecule has 0 N–H and O–H groups in total. The zero-order chi connectivity index (χ0) is 12.4. The minimum Gasteiger partial charge on any atom is -0.344 e. The third-order valence-corrected chi connectivity index (χ3v) is 4.67. The van der Waals surface area contributed by atoms with E-state index in [-0.39, 0.29) is 0 Å². The van der Waals surface area contributed by atoms with Crippen molar-refractivity contribution in [1.82, 2.24) is 14.3 Å². The van der Waals surface area contributed by atoms with E-state index in [1.54, 1.807) is 0 Å². The van der Waals surface area contributed by atoms with Crippen molar-refractivity contribution in [3.63, 3.8) is 0 Å². The molecule has 0 saturated carbocycles. The van der Waals surface area contributed by atoms with Crippen LogP contribution in [-0.4, -0.2) is 46.5 Å². The summed E-state index contributed by atoms with van der Waals surface area (Å²) < 4.78 is 4.26. The molecule has 1 atom stereocenters. The lowest BCUT2D eigenvalue weighted by Crippen LogP contribution is -2.50. The molecular weight excluding hydrogens is 244 g/mol. The summed E-state index contributed by atoms with van der Waals surface area (Å²) in [6.45, 7) is 6.42. The summed E-state index contributed by atoms with van der Waals surface area (Å²) >= 11 is 1.53. The van der Waals surface area contributed by atoms with Gasteiger partial charge in [0.1, 0.15) is 5.82 Å². The summed E-state index contributed by atoms with van der Waals surface area (Å²) in [6, 6.07) is 0.678. The van der Waals surface area contributed by atoms with Gasteiger partial charge in [-0.05, 0) is 26.2 Å². The molecule has 0 unspecified atom stereocenters. The highest BCUT2D eigenvalue weighted by Crippen LogP contribution is 2.22. The number of aryl methyl sites for hydroxylation is 1. The summed E-state index contributed by atoms with van der Waals surface area (Å²) in [7, 11) is 0. The Morgan fingerprint density at radius 3 is 2.72 bits per heavy atom. The SMILES string of the molecule is Cc1nsc(N2CCN([C@H]3C=CCCC3)CC2)n1. The second kappa shape index (κ2) is 5.36. The second-order valence-corrected chi connectivity index (χ2v) is 5.80. The first kappa shape index (κ1) is 12.1. The quantitative estimate of drug-likeness (QED) is 0.766. The van der Waals surface area contributed by atoms with Crippen LogP contribution >= 0.6 is 11.5 Å². The molecular formula is C13H20N4S. The largest absolute Gasteiger partial charge is 0.344 e. The summed E-state index contributed by atoms with van der Waals surface area (Å²) in [6.07, 6.45) is 8.68. The molecule has 5 heteroatoms. The van der Waals surface area contributed by atoms with E-state index in [0.29, 0.717) is 6.04 Å². The van der Waals surface area contributed by atoms with Gasteiger partial charge in [0.15, 0.2) is 0 Å². The summed E-state index contributed by atoms with van der Waals surface area (Å²) in [5.41, 5.74) is 0. The predicted molar refractivity (Wildman–Crippen MR) is 75.2 cm³/mol. The molecule has 0 spiro atoms. The van der Waals surface area contributed by atoms with E-state index in [2.05, 4.69) is 31.3 Å². The fraction of sp³-hybridized carbons (Fsp3) is 0.692. The molecule has 18 heavy (non-hydrogen) atoms. The summed E-state index contributed by atoms with van der Waals surface area (Å²) in [4.78, 5) is 9.45. The number of piperazine rings is 1. The van der Waals surface area contributed by atoms with Gasteiger partial charge in [0.05, 0.1) is 0 Å². The van der Waals surface area contributed by atoms with E-state index in [9.17, 15) is 0 Å². The second-order valence-electron chi connectivity index (χ2n) is 5.07. The van der Waals surface area contributed by atoms with Gasteiger partial charge in [0.2, 0.25) is 5.13 Å². The summed E-state index contributed by atoms with van der Waals surface area (Å²) in [5.74, 6) is 0.896. The third kappa shape index (κ3) is 2.57. The van der Waals surface area contributed by atoms with Crippen LogP contribution < -0.4 is 4.90 Å². The number of allylic oxidation sites excluding steroid dienone is 1. The van der Waals surface area contributed by atoms with Crippen molar-refractivity contribution in [2.24, 2.45) is 0 Å². The molecule has 1 fully saturated rings. The molecule has 1 aromatic rings. The lowest BCUT2D eigenvalue weighted by molar-refractivity contribution is 0.202. The van der Waals surface area contributed by atoms with Crippen LogP contribution in [0.3, 0.4) is 0 Å². The van der Waals surface area contributed by atoms with Crippen LogP contribution in [0.1, 0.15) is 25.1 Å². The number of hydrogen-bond donors (Lipinski definition) is 0. The first-order valence-electron chi connectivity index (χ1n) is 6.79. The maximum absolute atomic E-state index is 4.47. The van der Waals surface area contributed by atoms with Crippen molar-refractivity contribution in [2.75, 3.05) is 31.1 Å². The van der Waals surface area contributed by atoms with Crippen molar-refractivity contribution < 1.29 is 0 Å². The molecule has 1 aliphatic carbocycles. The topological polar surface area (TPSA) is 32.3 Å². The van der Waals surface area contributed by atoms with Crippen LogP contribution in [-0.2, 0) is 0 Å². The van der Waals surface area contributed by atoms with Gasteiger partial charge in [-0.15, -0.1) is 0 Å². The molecule has 0 aromatic carbocycles. The van der Waals surface area contributed by atoms with Gasteiger partial charge in [-0.2, -0.15) is 4.37 Å². The maximum atomic E-state index is 4.47. The van der Waals surface area contributed by atoms with Crippen LogP contribution in [0, 0.1) is 6.92 Å². The van der Waals surface area contributed by atoms with Crippen molar-refractivity contribution >= 4 is 16.7 Å². The fourth-order valence-corrected chi connectivity index (χ4v) is 3.48. The van der Waals surface area contributed by atoms with Gasteiger partial charge in [-0.25, -0.2) is 4.98 Å². The minimum absolute atomic E-state index is 0.678. The number of anilines is 1. The standard InChI is InChI=1S/C13H20N4S/c1-11-14-13(18-15-11)17-9-7-16(8-10-17)12-5-3-2-4-6-12/h3,5,12H,2,4,6-10H2,1H3/t12-/m0/s1. The Hall–Kier alpha value is -0.940. The Labute approximate surface area is 112 Å². The Balaban J connectivity index is 1.57. The van der Waals surface area contributed by atoms with Gasteiger partial charge in [0, 0.05) is 43.8 Å². The van der Waals surface area contributed by atoms with Gasteiger partial charge in [-0.3, -0.25) is 4.90 Å². The Morgan fingerprint density at radius 2 is 2.11 bits per heavy atom. The van der Waals surface area contributed by atoms with Crippen LogP contribution in [0.5, 0.6) is 0 Å². The third-order valence-electron chi connectivity index (χ3n) is 3.80. The van der Waals surface area contributed by atoms with Crippen molar-refractivity contribution in [3.05, 3.63) is 18.0 Å². The van der Waals surface area contributed by atoms with E-state index in [4.69, 9.17) is 0 Å². The fourth-order valence-electron chi connectivity index (χ4n) is 2.76. The Bertz CT molecular complexity index is 420. The monoisotopic (exact) mass is 264 g/mol. The molecule has 0 radical (unpaired) electrons. The van der Waals surface area contributed by atoms with Gasteiger partial charge < -0.3 is 4.90 Å². The van der Waals surface area contributed by atoms with Crippen LogP contribution in [0.25, 0.3) is 0 Å². The lowest BCUT2D eigenvalue weighted by atomic mass is 10.0. The van der Waals surface area contributed by atoms with Crippen LogP contribution in [0.15, 0.2) is 12.2 Å². The average molecular weight is 264 g/mol. The Kier molecular flexibility index (Phi) is 3.61. The molecule has 2 aliphatic rings. The Morgan fingerprint density at radius 1 is 1.28 bits per heavy atom. The van der Waals surface area contributed by atoms with E-state index >= 15 is 0 Å². The molecule has 1 aromatic heterocycles.